The van der Waals surface area contributed by atoms with Gasteiger partial charge in [-0.2, -0.15) is 0 Å². The van der Waals surface area contributed by atoms with E-state index in [0.717, 1.165) is 0 Å². The Balaban J connectivity index is 2.05. The molecule has 4 rings (SSSR count). The largest absolute Gasteiger partial charge is 0.510 e. The number of hydrogen-bond donors (Lipinski definition) is 6. The second-order valence-electron chi connectivity index (χ2n) is 9.47. The number of aliphatic hydroxyl groups is 4. The van der Waals surface area contributed by atoms with Crippen molar-refractivity contribution >= 4 is 17.3 Å². The first kappa shape index (κ1) is 23.4. The van der Waals surface area contributed by atoms with Gasteiger partial charge in [-0.3, -0.25) is 14.5 Å². The Morgan fingerprint density at radius 3 is 2.36 bits per heavy atom. The van der Waals surface area contributed by atoms with E-state index in [4.69, 9.17) is 0 Å². The molecule has 7 atom stereocenters. The van der Waals surface area contributed by atoms with Crippen molar-refractivity contribution in [3.63, 3.8) is 0 Å². The number of fused-ring (bicyclic) bond motifs is 3. The molecule has 9 heteroatoms. The van der Waals surface area contributed by atoms with Crippen LogP contribution in [0.2, 0.25) is 0 Å². The highest BCUT2D eigenvalue weighted by molar-refractivity contribution is 6.12. The maximum atomic E-state index is 14.0. The second kappa shape index (κ2) is 7.66. The van der Waals surface area contributed by atoms with Gasteiger partial charge in [0.05, 0.1) is 29.3 Å². The molecule has 1 saturated carbocycles. The Kier molecular flexibility index (Phi) is 5.44. The number of aromatic hydroxyl groups is 1. The van der Waals surface area contributed by atoms with Gasteiger partial charge in [0.1, 0.15) is 17.3 Å². The average Bonchev–Trinajstić information content (AvgIpc) is 2.74. The number of carbonyl (C=O) groups is 2. The van der Waals surface area contributed by atoms with Gasteiger partial charge in [-0.25, -0.2) is 0 Å². The number of phenolic OH excluding ortho intramolecular Hbond substituents is 1. The lowest BCUT2D eigenvalue weighted by Crippen LogP contribution is -2.74. The number of likely N-dealkylation sites (N-methyl/N-ethyl adjacent to an activating group) is 2. The van der Waals surface area contributed by atoms with Gasteiger partial charge in [0.2, 0.25) is 0 Å². The molecule has 6 N–H and O–H groups in total. The first-order valence-electron chi connectivity index (χ1n) is 10.9. The van der Waals surface area contributed by atoms with Gasteiger partial charge < -0.3 is 30.8 Å². The van der Waals surface area contributed by atoms with E-state index in [1.165, 1.54) is 20.0 Å². The molecule has 0 aromatic heterocycles. The Labute approximate surface area is 191 Å². The number of hydrogen-bond acceptors (Lipinski definition) is 9. The van der Waals surface area contributed by atoms with Crippen LogP contribution in [0.4, 0.5) is 0 Å². The molecule has 0 spiro atoms. The van der Waals surface area contributed by atoms with Gasteiger partial charge in [0.25, 0.3) is 0 Å². The molecule has 3 aliphatic rings. The first-order chi connectivity index (χ1) is 15.4. The Hall–Kier alpha value is -2.72. The maximum absolute atomic E-state index is 14.0. The minimum Gasteiger partial charge on any atom is -0.510 e. The van der Waals surface area contributed by atoms with Crippen LogP contribution >= 0.6 is 0 Å². The van der Waals surface area contributed by atoms with Crippen molar-refractivity contribution in [2.24, 2.45) is 11.8 Å². The Bertz CT molecular complexity index is 1110. The molecule has 178 valence electrons. The molecule has 1 aromatic carbocycles. The third-order valence-electron chi connectivity index (χ3n) is 7.63. The van der Waals surface area contributed by atoms with E-state index < -0.39 is 58.9 Å². The van der Waals surface area contributed by atoms with Crippen LogP contribution in [-0.4, -0.2) is 86.9 Å². The standard InChI is InChI=1S/C24H30N2O7/c1-9-11-7-6-8-12(28)15(11)19(29)16-13(9)20(30)17-18(26(4)5)21(31)14(10(2)27)22(25-3)24(17,33)23(16)32/h6-9,13,17-18,20,22,25,28-31,33H,1-5H3/t9-,13+,17+,18-,20-,22+,24+/m0/s1. The summed E-state index contributed by atoms with van der Waals surface area (Å²) in [6.45, 7) is 3.00. The van der Waals surface area contributed by atoms with E-state index in [-0.39, 0.29) is 28.2 Å². The molecule has 33 heavy (non-hydrogen) atoms. The van der Waals surface area contributed by atoms with Crippen LogP contribution in [0.25, 0.3) is 5.76 Å². The zero-order chi connectivity index (χ0) is 24.6. The van der Waals surface area contributed by atoms with E-state index in [9.17, 15) is 35.1 Å². The number of Topliss-reactive ketones (excluding diaryl/α,β-unsaturated/α-hetero) is 2. The molecule has 0 radical (unpaired) electrons. The van der Waals surface area contributed by atoms with Crippen LogP contribution in [0.5, 0.6) is 5.75 Å². The maximum Gasteiger partial charge on any atom is 0.196 e. The number of nitrogens with zero attached hydrogens (tertiary/aromatic N) is 1. The molecule has 0 bridgehead atoms. The summed E-state index contributed by atoms with van der Waals surface area (Å²) in [6.07, 6.45) is -1.37. The molecule has 3 aliphatic carbocycles. The predicted octanol–water partition coefficient (Wildman–Crippen LogP) is 0.618. The number of aliphatic hydroxyl groups excluding tert-OH is 3. The first-order valence-corrected chi connectivity index (χ1v) is 10.9. The number of carbonyl (C=O) groups excluding carboxylic acids is 2. The van der Waals surface area contributed by atoms with Gasteiger partial charge in [0.15, 0.2) is 17.2 Å². The normalized spacial score (nSPS) is 35.9. The Morgan fingerprint density at radius 1 is 1.18 bits per heavy atom. The highest BCUT2D eigenvalue weighted by Crippen LogP contribution is 2.56. The van der Waals surface area contributed by atoms with E-state index in [1.54, 1.807) is 38.1 Å². The molecule has 1 aromatic rings. The topological polar surface area (TPSA) is 151 Å². The van der Waals surface area contributed by atoms with Gasteiger partial charge in [-0.1, -0.05) is 19.1 Å². The number of benzene rings is 1. The summed E-state index contributed by atoms with van der Waals surface area (Å²) in [7, 11) is 4.68. The van der Waals surface area contributed by atoms with Crippen molar-refractivity contribution in [2.45, 2.75) is 43.6 Å². The molecule has 0 amide bonds. The van der Waals surface area contributed by atoms with E-state index in [0.29, 0.717) is 5.56 Å². The molecule has 1 fully saturated rings. The third kappa shape index (κ3) is 2.86. The summed E-state index contributed by atoms with van der Waals surface area (Å²) in [5, 5.41) is 59.0. The summed E-state index contributed by atoms with van der Waals surface area (Å²) >= 11 is 0. The van der Waals surface area contributed by atoms with Crippen molar-refractivity contribution in [2.75, 3.05) is 21.1 Å². The molecule has 0 saturated heterocycles. The van der Waals surface area contributed by atoms with Gasteiger partial charge in [0, 0.05) is 17.4 Å². The number of phenols is 1. The van der Waals surface area contributed by atoms with Crippen LogP contribution in [0.3, 0.4) is 0 Å². The lowest BCUT2D eigenvalue weighted by Gasteiger charge is -2.57. The highest BCUT2D eigenvalue weighted by Gasteiger charge is 2.68. The van der Waals surface area contributed by atoms with Gasteiger partial charge in [-0.05, 0) is 45.6 Å². The summed E-state index contributed by atoms with van der Waals surface area (Å²) in [6, 6.07) is 2.36. The van der Waals surface area contributed by atoms with Crippen molar-refractivity contribution in [3.05, 3.63) is 46.2 Å². The molecule has 0 unspecified atom stereocenters. The lowest BCUT2D eigenvalue weighted by atomic mass is 9.52. The fourth-order valence-electron chi connectivity index (χ4n) is 6.27. The molecular formula is C24H30N2O7. The van der Waals surface area contributed by atoms with Crippen LogP contribution in [0, 0.1) is 11.8 Å². The second-order valence-corrected chi connectivity index (χ2v) is 9.47. The van der Waals surface area contributed by atoms with Crippen LogP contribution in [-0.2, 0) is 9.59 Å². The molecule has 0 heterocycles. The summed E-state index contributed by atoms with van der Waals surface area (Å²) in [4.78, 5) is 28.1. The van der Waals surface area contributed by atoms with Crippen molar-refractivity contribution in [1.29, 1.82) is 0 Å². The van der Waals surface area contributed by atoms with E-state index >= 15 is 0 Å². The predicted molar refractivity (Wildman–Crippen MR) is 120 cm³/mol. The van der Waals surface area contributed by atoms with E-state index in [1.807, 2.05) is 0 Å². The third-order valence-corrected chi connectivity index (χ3v) is 7.63. The molecular weight excluding hydrogens is 428 g/mol. The van der Waals surface area contributed by atoms with Crippen LogP contribution in [0.15, 0.2) is 35.1 Å². The fraction of sp³-hybridized carbons (Fsp3) is 0.500. The number of rotatable bonds is 3. The quantitative estimate of drug-likeness (QED) is 0.383. The number of ketones is 2. The highest BCUT2D eigenvalue weighted by atomic mass is 16.3. The Morgan fingerprint density at radius 2 is 1.82 bits per heavy atom. The summed E-state index contributed by atoms with van der Waals surface area (Å²) in [5.41, 5.74) is -2.04. The van der Waals surface area contributed by atoms with Crippen molar-refractivity contribution < 1.29 is 35.1 Å². The smallest absolute Gasteiger partial charge is 0.196 e. The van der Waals surface area contributed by atoms with Gasteiger partial charge >= 0.3 is 0 Å². The zero-order valence-corrected chi connectivity index (χ0v) is 19.2. The summed E-state index contributed by atoms with van der Waals surface area (Å²) in [5.74, 6) is -5.01. The fourth-order valence-corrected chi connectivity index (χ4v) is 6.27. The minimum atomic E-state index is -2.35. The van der Waals surface area contributed by atoms with Gasteiger partial charge in [-0.15, -0.1) is 0 Å². The van der Waals surface area contributed by atoms with Crippen molar-refractivity contribution in [3.8, 4) is 5.75 Å². The molecule has 9 nitrogen and oxygen atoms in total. The number of nitrogens with one attached hydrogen (secondary N) is 1. The minimum absolute atomic E-state index is 0.0880. The zero-order valence-electron chi connectivity index (χ0n) is 19.2. The monoisotopic (exact) mass is 458 g/mol. The SMILES string of the molecule is CN[C@@H]1C(C(C)=O)=C(O)[C@@H](N(C)C)[C@@H]2[C@@H](O)[C@H]3C(=C(O)c4c(O)cccc4[C@@H]3C)C(=O)[C@@]21O. The average molecular weight is 459 g/mol. The van der Waals surface area contributed by atoms with Crippen LogP contribution < -0.4 is 5.32 Å². The summed E-state index contributed by atoms with van der Waals surface area (Å²) < 4.78 is 0. The lowest BCUT2D eigenvalue weighted by molar-refractivity contribution is -0.173. The van der Waals surface area contributed by atoms with Crippen LogP contribution in [0.1, 0.15) is 30.9 Å². The molecule has 0 aliphatic heterocycles. The van der Waals surface area contributed by atoms with E-state index in [2.05, 4.69) is 5.32 Å². The van der Waals surface area contributed by atoms with Crippen molar-refractivity contribution in [1.82, 2.24) is 10.2 Å².